The van der Waals surface area contributed by atoms with Gasteiger partial charge in [-0.1, -0.05) is 74.5 Å². The molecular formula is C27H37N3O4. The molecule has 7 nitrogen and oxygen atoms in total. The van der Waals surface area contributed by atoms with Gasteiger partial charge in [0.1, 0.15) is 12.1 Å². The van der Waals surface area contributed by atoms with Gasteiger partial charge in [0, 0.05) is 5.54 Å². The molecule has 34 heavy (non-hydrogen) atoms. The van der Waals surface area contributed by atoms with Crippen molar-refractivity contribution >= 4 is 17.8 Å². The predicted octanol–water partition coefficient (Wildman–Crippen LogP) is 3.54. The van der Waals surface area contributed by atoms with E-state index in [2.05, 4.69) is 5.32 Å². The summed E-state index contributed by atoms with van der Waals surface area (Å²) in [5, 5.41) is 13.1. The molecule has 0 aliphatic heterocycles. The summed E-state index contributed by atoms with van der Waals surface area (Å²) in [6.45, 7) is 9.28. The summed E-state index contributed by atoms with van der Waals surface area (Å²) in [4.78, 5) is 41.0. The Balaban J connectivity index is 2.59. The van der Waals surface area contributed by atoms with E-state index in [0.29, 0.717) is 5.56 Å². The zero-order valence-corrected chi connectivity index (χ0v) is 20.7. The number of hydrogen-bond acceptors (Lipinski definition) is 4. The third kappa shape index (κ3) is 7.70. The normalized spacial score (nSPS) is 14.2. The van der Waals surface area contributed by atoms with Crippen molar-refractivity contribution in [3.8, 4) is 0 Å². The molecule has 0 aliphatic rings. The van der Waals surface area contributed by atoms with Gasteiger partial charge in [0.05, 0.1) is 6.04 Å². The fourth-order valence-corrected chi connectivity index (χ4v) is 3.90. The molecule has 0 saturated carbocycles. The van der Waals surface area contributed by atoms with E-state index in [1.54, 1.807) is 30.3 Å². The highest BCUT2D eigenvalue weighted by Crippen LogP contribution is 2.28. The lowest BCUT2D eigenvalue weighted by molar-refractivity contribution is -0.157. The first kappa shape index (κ1) is 27.1. The van der Waals surface area contributed by atoms with E-state index >= 15 is 0 Å². The zero-order chi connectivity index (χ0) is 25.5. The van der Waals surface area contributed by atoms with Crippen molar-refractivity contribution in [1.82, 2.24) is 10.2 Å². The second-order valence-electron chi connectivity index (χ2n) is 10.1. The zero-order valence-electron chi connectivity index (χ0n) is 20.7. The van der Waals surface area contributed by atoms with E-state index in [1.165, 1.54) is 4.90 Å². The van der Waals surface area contributed by atoms with Crippen LogP contribution in [-0.2, 0) is 20.8 Å². The summed E-state index contributed by atoms with van der Waals surface area (Å²) in [7, 11) is 0. The Morgan fingerprint density at radius 3 is 1.97 bits per heavy atom. The van der Waals surface area contributed by atoms with Crippen LogP contribution in [0.5, 0.6) is 0 Å². The summed E-state index contributed by atoms with van der Waals surface area (Å²) in [6, 6.07) is 14.7. The molecule has 2 rings (SSSR count). The lowest BCUT2D eigenvalue weighted by Crippen LogP contribution is -2.58. The van der Waals surface area contributed by atoms with Gasteiger partial charge in [-0.05, 0) is 50.7 Å². The third-order valence-electron chi connectivity index (χ3n) is 5.33. The number of hydrogen-bond donors (Lipinski definition) is 3. The summed E-state index contributed by atoms with van der Waals surface area (Å²) in [6.07, 6.45) is 0.415. The van der Waals surface area contributed by atoms with Crippen LogP contribution in [0, 0.1) is 5.92 Å². The maximum atomic E-state index is 13.8. The number of carbonyl (C=O) groups is 3. The van der Waals surface area contributed by atoms with Crippen LogP contribution >= 0.6 is 0 Å². The van der Waals surface area contributed by atoms with E-state index < -0.39 is 41.4 Å². The Labute approximate surface area is 202 Å². The first-order chi connectivity index (χ1) is 15.9. The van der Waals surface area contributed by atoms with Crippen LogP contribution in [-0.4, -0.2) is 45.4 Å². The van der Waals surface area contributed by atoms with E-state index in [1.807, 2.05) is 65.0 Å². The van der Waals surface area contributed by atoms with Crippen LogP contribution in [0.3, 0.4) is 0 Å². The third-order valence-corrected chi connectivity index (χ3v) is 5.33. The second kappa shape index (κ2) is 11.8. The topological polar surface area (TPSA) is 113 Å². The Kier molecular flexibility index (Phi) is 9.38. The molecule has 0 fully saturated rings. The molecule has 0 aromatic heterocycles. The second-order valence-corrected chi connectivity index (χ2v) is 10.1. The Morgan fingerprint density at radius 2 is 1.50 bits per heavy atom. The number of amides is 2. The molecular weight excluding hydrogens is 430 g/mol. The van der Waals surface area contributed by atoms with Crippen LogP contribution in [0.2, 0.25) is 0 Å². The monoisotopic (exact) mass is 467 g/mol. The molecule has 0 radical (unpaired) electrons. The van der Waals surface area contributed by atoms with Crippen LogP contribution in [0.4, 0.5) is 0 Å². The number of carboxylic acid groups (broad SMARTS) is 1. The molecule has 2 aromatic rings. The van der Waals surface area contributed by atoms with Gasteiger partial charge in [0.15, 0.2) is 0 Å². The smallest absolute Gasteiger partial charge is 0.326 e. The van der Waals surface area contributed by atoms with Gasteiger partial charge in [-0.15, -0.1) is 0 Å². The number of nitrogens with zero attached hydrogens (tertiary/aromatic N) is 1. The number of carboxylic acids is 1. The molecule has 184 valence electrons. The van der Waals surface area contributed by atoms with E-state index in [9.17, 15) is 19.5 Å². The van der Waals surface area contributed by atoms with E-state index in [-0.39, 0.29) is 18.8 Å². The average molecular weight is 468 g/mol. The molecule has 4 N–H and O–H groups in total. The van der Waals surface area contributed by atoms with Gasteiger partial charge < -0.3 is 21.1 Å². The first-order valence-corrected chi connectivity index (χ1v) is 11.6. The molecule has 1 unspecified atom stereocenters. The van der Waals surface area contributed by atoms with E-state index in [4.69, 9.17) is 5.73 Å². The summed E-state index contributed by atoms with van der Waals surface area (Å²) >= 11 is 0. The highest BCUT2D eigenvalue weighted by atomic mass is 16.4. The van der Waals surface area contributed by atoms with Crippen molar-refractivity contribution < 1.29 is 19.5 Å². The molecule has 7 heteroatoms. The van der Waals surface area contributed by atoms with Crippen LogP contribution < -0.4 is 11.1 Å². The van der Waals surface area contributed by atoms with Crippen molar-refractivity contribution in [3.63, 3.8) is 0 Å². The van der Waals surface area contributed by atoms with Crippen LogP contribution in [0.15, 0.2) is 60.7 Å². The lowest BCUT2D eigenvalue weighted by Gasteiger charge is -2.39. The molecule has 0 saturated heterocycles. The van der Waals surface area contributed by atoms with Gasteiger partial charge in [0.25, 0.3) is 0 Å². The molecule has 0 bridgehead atoms. The highest BCUT2D eigenvalue weighted by molar-refractivity contribution is 5.94. The summed E-state index contributed by atoms with van der Waals surface area (Å²) in [5.41, 5.74) is 7.15. The standard InChI is InChI=1S/C27H37N3O4/c1-18(2)16-22(26(33)34)30(25(32)21(28)17-19-12-8-6-9-13-19)23(20-14-10-7-11-15-20)24(31)29-27(3,4)5/h6-15,18,21-23H,16-17,28H2,1-5H3,(H,29,31)(H,33,34)/t21-,22-,23?/m0/s1. The van der Waals surface area contributed by atoms with Gasteiger partial charge in [-0.25, -0.2) is 4.79 Å². The number of nitrogens with two attached hydrogens (primary N) is 1. The molecule has 2 amide bonds. The van der Waals surface area contributed by atoms with Gasteiger partial charge in [0.2, 0.25) is 11.8 Å². The number of nitrogens with one attached hydrogen (secondary N) is 1. The first-order valence-electron chi connectivity index (χ1n) is 11.6. The minimum absolute atomic E-state index is 0.0242. The molecule has 0 aliphatic carbocycles. The number of rotatable bonds is 10. The number of aliphatic carboxylic acids is 1. The van der Waals surface area contributed by atoms with Crippen molar-refractivity contribution in [3.05, 3.63) is 71.8 Å². The minimum atomic E-state index is -1.22. The minimum Gasteiger partial charge on any atom is -0.480 e. The van der Waals surface area contributed by atoms with Crippen molar-refractivity contribution in [2.75, 3.05) is 0 Å². The van der Waals surface area contributed by atoms with Crippen molar-refractivity contribution in [1.29, 1.82) is 0 Å². The Bertz CT molecular complexity index is 955. The SMILES string of the molecule is CC(C)C[C@@H](C(=O)O)N(C(=O)[C@@H](N)Cc1ccccc1)C(C(=O)NC(C)(C)C)c1ccccc1. The Morgan fingerprint density at radius 1 is 0.971 bits per heavy atom. The van der Waals surface area contributed by atoms with Crippen molar-refractivity contribution in [2.24, 2.45) is 11.7 Å². The molecule has 0 spiro atoms. The quantitative estimate of drug-likeness (QED) is 0.495. The summed E-state index contributed by atoms with van der Waals surface area (Å²) < 4.78 is 0. The van der Waals surface area contributed by atoms with Gasteiger partial charge >= 0.3 is 5.97 Å². The van der Waals surface area contributed by atoms with Crippen LogP contribution in [0.1, 0.15) is 58.2 Å². The Hall–Kier alpha value is -3.19. The summed E-state index contributed by atoms with van der Waals surface area (Å²) in [5.74, 6) is -2.22. The van der Waals surface area contributed by atoms with Gasteiger partial charge in [-0.2, -0.15) is 0 Å². The highest BCUT2D eigenvalue weighted by Gasteiger charge is 2.42. The van der Waals surface area contributed by atoms with Crippen molar-refractivity contribution in [2.45, 2.75) is 71.1 Å². The average Bonchev–Trinajstić information content (AvgIpc) is 2.75. The molecule has 3 atom stereocenters. The number of benzene rings is 2. The predicted molar refractivity (Wildman–Crippen MR) is 133 cm³/mol. The molecule has 2 aromatic carbocycles. The largest absolute Gasteiger partial charge is 0.480 e. The van der Waals surface area contributed by atoms with E-state index in [0.717, 1.165) is 5.56 Å². The maximum absolute atomic E-state index is 13.8. The molecule has 0 heterocycles. The lowest BCUT2D eigenvalue weighted by atomic mass is 9.94. The fourth-order valence-electron chi connectivity index (χ4n) is 3.90. The van der Waals surface area contributed by atoms with Crippen LogP contribution in [0.25, 0.3) is 0 Å². The fraction of sp³-hybridized carbons (Fsp3) is 0.444. The number of carbonyl (C=O) groups excluding carboxylic acids is 2. The maximum Gasteiger partial charge on any atom is 0.326 e. The van der Waals surface area contributed by atoms with Gasteiger partial charge in [-0.3, -0.25) is 9.59 Å².